The van der Waals surface area contributed by atoms with Crippen LogP contribution in [0.4, 0.5) is 0 Å². The quantitative estimate of drug-likeness (QED) is 0.417. The normalized spacial score (nSPS) is 56.1. The van der Waals surface area contributed by atoms with Gasteiger partial charge < -0.3 is 14.6 Å². The van der Waals surface area contributed by atoms with Gasteiger partial charge in [-0.15, -0.1) is 0 Å². The molecule has 5 heteroatoms. The van der Waals surface area contributed by atoms with Crippen LogP contribution in [-0.4, -0.2) is 39.9 Å². The van der Waals surface area contributed by atoms with Gasteiger partial charge in [0, 0.05) is 12.0 Å². The highest BCUT2D eigenvalue weighted by atomic mass is 17.2. The van der Waals surface area contributed by atoms with E-state index in [1.807, 2.05) is 26.8 Å². The van der Waals surface area contributed by atoms with Gasteiger partial charge in [0.1, 0.15) is 11.7 Å². The molecule has 20 heavy (non-hydrogen) atoms. The molecule has 3 saturated heterocycles. The Labute approximate surface area is 118 Å². The lowest BCUT2D eigenvalue weighted by molar-refractivity contribution is -0.391. The van der Waals surface area contributed by atoms with Crippen molar-refractivity contribution < 1.29 is 24.4 Å². The molecular formula is C15H22O5. The van der Waals surface area contributed by atoms with Crippen molar-refractivity contribution in [3.8, 4) is 0 Å². The van der Waals surface area contributed by atoms with Crippen molar-refractivity contribution in [1.82, 2.24) is 0 Å². The SMILES string of the molecule is CC1(C)OO[C@@]2(O)C[C@@]3(C)O[C@H]3CC[C@]3(C)O[C@@H]3C=C12. The summed E-state index contributed by atoms with van der Waals surface area (Å²) in [4.78, 5) is 10.7. The molecule has 5 nitrogen and oxygen atoms in total. The van der Waals surface area contributed by atoms with Gasteiger partial charge in [-0.2, -0.15) is 4.89 Å². The first-order valence-corrected chi connectivity index (χ1v) is 7.35. The molecule has 5 atom stereocenters. The molecule has 0 radical (unpaired) electrons. The molecule has 4 rings (SSSR count). The van der Waals surface area contributed by atoms with Gasteiger partial charge in [0.05, 0.1) is 17.3 Å². The van der Waals surface area contributed by atoms with Crippen LogP contribution in [0.5, 0.6) is 0 Å². The maximum absolute atomic E-state index is 10.9. The Morgan fingerprint density at radius 3 is 2.60 bits per heavy atom. The zero-order valence-corrected chi connectivity index (χ0v) is 12.4. The van der Waals surface area contributed by atoms with E-state index in [1.54, 1.807) is 0 Å². The van der Waals surface area contributed by atoms with E-state index in [-0.39, 0.29) is 23.4 Å². The Bertz CT molecular complexity index is 500. The predicted octanol–water partition coefficient (Wildman–Crippen LogP) is 1.84. The molecule has 0 bridgehead atoms. The van der Waals surface area contributed by atoms with Crippen LogP contribution in [0.3, 0.4) is 0 Å². The summed E-state index contributed by atoms with van der Waals surface area (Å²) >= 11 is 0. The average Bonchev–Trinajstić information content (AvgIpc) is 3.15. The number of rotatable bonds is 0. The Kier molecular flexibility index (Phi) is 2.29. The van der Waals surface area contributed by atoms with Gasteiger partial charge in [0.25, 0.3) is 0 Å². The van der Waals surface area contributed by atoms with Crippen molar-refractivity contribution in [1.29, 1.82) is 0 Å². The van der Waals surface area contributed by atoms with E-state index in [0.29, 0.717) is 6.42 Å². The van der Waals surface area contributed by atoms with Gasteiger partial charge in [0.2, 0.25) is 5.79 Å². The second-order valence-corrected chi connectivity index (χ2v) is 7.53. The molecule has 1 aliphatic carbocycles. The third kappa shape index (κ3) is 1.74. The van der Waals surface area contributed by atoms with Crippen LogP contribution in [0.2, 0.25) is 0 Å². The summed E-state index contributed by atoms with van der Waals surface area (Å²) in [6.07, 6.45) is 4.49. The Hall–Kier alpha value is -0.460. The van der Waals surface area contributed by atoms with Gasteiger partial charge in [0.15, 0.2) is 0 Å². The molecular weight excluding hydrogens is 260 g/mol. The Morgan fingerprint density at radius 1 is 1.10 bits per heavy atom. The molecule has 3 heterocycles. The summed E-state index contributed by atoms with van der Waals surface area (Å²) in [5.74, 6) is -1.42. The minimum Gasteiger partial charge on any atom is -0.366 e. The van der Waals surface area contributed by atoms with Crippen LogP contribution >= 0.6 is 0 Å². The van der Waals surface area contributed by atoms with Gasteiger partial charge in [-0.25, -0.2) is 4.89 Å². The minimum atomic E-state index is -1.42. The summed E-state index contributed by atoms with van der Waals surface area (Å²) in [6, 6.07) is 0. The fraction of sp³-hybridized carbons (Fsp3) is 0.867. The largest absolute Gasteiger partial charge is 0.366 e. The molecule has 0 spiro atoms. The van der Waals surface area contributed by atoms with E-state index >= 15 is 0 Å². The summed E-state index contributed by atoms with van der Waals surface area (Å²) in [5.41, 5.74) is -0.385. The number of fused-ring (bicyclic) bond motifs is 3. The van der Waals surface area contributed by atoms with E-state index in [4.69, 9.17) is 19.2 Å². The van der Waals surface area contributed by atoms with Crippen LogP contribution < -0.4 is 0 Å². The van der Waals surface area contributed by atoms with Crippen molar-refractivity contribution in [3.05, 3.63) is 11.6 Å². The highest BCUT2D eigenvalue weighted by Gasteiger charge is 2.64. The van der Waals surface area contributed by atoms with Crippen molar-refractivity contribution in [2.45, 2.75) is 81.8 Å². The van der Waals surface area contributed by atoms with Crippen molar-refractivity contribution >= 4 is 0 Å². The molecule has 112 valence electrons. The fourth-order valence-corrected chi connectivity index (χ4v) is 3.71. The van der Waals surface area contributed by atoms with Crippen LogP contribution in [0, 0.1) is 0 Å². The van der Waals surface area contributed by atoms with Crippen LogP contribution in [0.25, 0.3) is 0 Å². The third-order valence-electron chi connectivity index (χ3n) is 5.25. The number of ether oxygens (including phenoxy) is 2. The molecule has 0 aromatic heterocycles. The fourth-order valence-electron chi connectivity index (χ4n) is 3.71. The average molecular weight is 282 g/mol. The van der Waals surface area contributed by atoms with Gasteiger partial charge in [-0.3, -0.25) is 0 Å². The van der Waals surface area contributed by atoms with Crippen LogP contribution in [0.15, 0.2) is 11.6 Å². The van der Waals surface area contributed by atoms with Gasteiger partial charge >= 0.3 is 0 Å². The minimum absolute atomic E-state index is 0.0247. The smallest absolute Gasteiger partial charge is 0.227 e. The second-order valence-electron chi connectivity index (χ2n) is 7.53. The molecule has 3 fully saturated rings. The number of aliphatic hydroxyl groups is 1. The number of hydrogen-bond donors (Lipinski definition) is 1. The zero-order chi connectivity index (χ0) is 14.4. The summed E-state index contributed by atoms with van der Waals surface area (Å²) in [7, 11) is 0. The molecule has 4 aliphatic rings. The summed E-state index contributed by atoms with van der Waals surface area (Å²) < 4.78 is 11.6. The molecule has 0 amide bonds. The van der Waals surface area contributed by atoms with E-state index < -0.39 is 11.4 Å². The lowest BCUT2D eigenvalue weighted by Crippen LogP contribution is -2.39. The Balaban J connectivity index is 1.75. The lowest BCUT2D eigenvalue weighted by Gasteiger charge is -2.26. The second kappa shape index (κ2) is 3.47. The van der Waals surface area contributed by atoms with Crippen LogP contribution in [-0.2, 0) is 19.2 Å². The van der Waals surface area contributed by atoms with Crippen LogP contribution in [0.1, 0.15) is 47.0 Å². The van der Waals surface area contributed by atoms with E-state index in [1.165, 1.54) is 0 Å². The van der Waals surface area contributed by atoms with E-state index in [9.17, 15) is 5.11 Å². The highest BCUT2D eigenvalue weighted by Crippen LogP contribution is 2.55. The first kappa shape index (κ1) is 13.2. The molecule has 0 saturated carbocycles. The zero-order valence-electron chi connectivity index (χ0n) is 12.4. The predicted molar refractivity (Wildman–Crippen MR) is 69.7 cm³/mol. The molecule has 1 N–H and O–H groups in total. The topological polar surface area (TPSA) is 63.8 Å². The highest BCUT2D eigenvalue weighted by molar-refractivity contribution is 5.32. The Morgan fingerprint density at radius 2 is 1.85 bits per heavy atom. The number of epoxide rings is 2. The maximum atomic E-state index is 10.9. The van der Waals surface area contributed by atoms with Gasteiger partial charge in [-0.1, -0.05) is 0 Å². The standard InChI is InChI=1S/C15H22O5/c1-12(2)9-7-11-13(3,18-11)6-5-10-14(4,17-10)8-15(9,16)20-19-12/h7,10-11,16H,5-6,8H2,1-4H3/t10-,11+,13-,14+,15-/m0/s1. The lowest BCUT2D eigenvalue weighted by atomic mass is 9.81. The summed E-state index contributed by atoms with van der Waals surface area (Å²) in [6.45, 7) is 7.93. The van der Waals surface area contributed by atoms with Crippen molar-refractivity contribution in [3.63, 3.8) is 0 Å². The third-order valence-corrected chi connectivity index (χ3v) is 5.25. The monoisotopic (exact) mass is 282 g/mol. The van der Waals surface area contributed by atoms with E-state index in [2.05, 4.69) is 6.92 Å². The molecule has 0 aromatic carbocycles. The van der Waals surface area contributed by atoms with E-state index in [0.717, 1.165) is 18.4 Å². The van der Waals surface area contributed by atoms with Gasteiger partial charge in [-0.05, 0) is 46.6 Å². The summed E-state index contributed by atoms with van der Waals surface area (Å²) in [5, 5.41) is 10.9. The number of hydrogen-bond acceptors (Lipinski definition) is 5. The first-order valence-electron chi connectivity index (χ1n) is 7.35. The maximum Gasteiger partial charge on any atom is 0.227 e. The molecule has 3 aliphatic heterocycles. The van der Waals surface area contributed by atoms with Crippen molar-refractivity contribution in [2.75, 3.05) is 0 Å². The van der Waals surface area contributed by atoms with Crippen molar-refractivity contribution in [2.24, 2.45) is 0 Å². The molecule has 0 aromatic rings. The molecule has 0 unspecified atom stereocenters. The first-order chi connectivity index (χ1) is 9.17.